The van der Waals surface area contributed by atoms with Crippen LogP contribution >= 0.6 is 0 Å². The molecule has 0 amide bonds. The van der Waals surface area contributed by atoms with Crippen molar-refractivity contribution in [1.29, 1.82) is 0 Å². The van der Waals surface area contributed by atoms with Crippen molar-refractivity contribution in [3.8, 4) is 0 Å². The van der Waals surface area contributed by atoms with Crippen LogP contribution in [0.4, 0.5) is 5.69 Å². The topological polar surface area (TPSA) is 192 Å². The van der Waals surface area contributed by atoms with E-state index in [1.807, 2.05) is 0 Å². The summed E-state index contributed by atoms with van der Waals surface area (Å²) in [6.45, 7) is 0. The zero-order valence-electron chi connectivity index (χ0n) is 13.2. The van der Waals surface area contributed by atoms with Crippen LogP contribution < -0.4 is 0 Å². The minimum atomic E-state index is -1.64. The van der Waals surface area contributed by atoms with Crippen molar-refractivity contribution in [2.24, 2.45) is 0 Å². The SMILES string of the molecule is O=C(O)c1cccc([15N+](=O)[O-])c1C(=O)O.O=C(O)c1ccccc1C(=O)O. The smallest absolute Gasteiger partial charge is 0.343 e. The van der Waals surface area contributed by atoms with Crippen molar-refractivity contribution in [3.63, 3.8) is 0 Å². The van der Waals surface area contributed by atoms with E-state index in [1.165, 1.54) is 24.3 Å². The number of nitro benzene ring substituents is 1. The quantitative estimate of drug-likeness (QED) is 0.340. The lowest BCUT2D eigenvalue weighted by atomic mass is 10.1. The van der Waals surface area contributed by atoms with Gasteiger partial charge in [0.2, 0.25) is 0 Å². The Bertz CT molecular complexity index is 869. The lowest BCUT2D eigenvalue weighted by Crippen LogP contribution is -2.10. The zero-order valence-corrected chi connectivity index (χ0v) is 13.2. The zero-order chi connectivity index (χ0) is 20.7. The molecule has 0 spiro atoms. The molecule has 0 saturated heterocycles. The van der Waals surface area contributed by atoms with Crippen LogP contribution in [0.5, 0.6) is 0 Å². The van der Waals surface area contributed by atoms with Gasteiger partial charge in [0.05, 0.1) is 21.6 Å². The molecule has 0 atom stereocenters. The average molecular weight is 378 g/mol. The molecule has 0 aliphatic carbocycles. The maximum atomic E-state index is 10.7. The maximum Gasteiger partial charge on any atom is 0.343 e. The van der Waals surface area contributed by atoms with E-state index in [2.05, 4.69) is 0 Å². The molecule has 11 nitrogen and oxygen atoms in total. The summed E-state index contributed by atoms with van der Waals surface area (Å²) in [6, 6.07) is 8.53. The van der Waals surface area contributed by atoms with Crippen molar-refractivity contribution >= 4 is 29.6 Å². The molecule has 0 fully saturated rings. The lowest BCUT2D eigenvalue weighted by molar-refractivity contribution is -0.385. The minimum Gasteiger partial charge on any atom is -0.478 e. The monoisotopic (exact) mass is 378 g/mol. The van der Waals surface area contributed by atoms with E-state index in [4.69, 9.17) is 20.4 Å². The van der Waals surface area contributed by atoms with Crippen LogP contribution in [0.3, 0.4) is 0 Å². The third-order valence-corrected chi connectivity index (χ3v) is 3.07. The Kier molecular flexibility index (Phi) is 6.70. The van der Waals surface area contributed by atoms with Gasteiger partial charge in [-0.25, -0.2) is 19.2 Å². The first-order chi connectivity index (χ1) is 12.6. The second kappa shape index (κ2) is 8.71. The molecule has 140 valence electrons. The van der Waals surface area contributed by atoms with Crippen LogP contribution in [0.25, 0.3) is 0 Å². The van der Waals surface area contributed by atoms with Gasteiger partial charge in [0.1, 0.15) is 0 Å². The highest BCUT2D eigenvalue weighted by molar-refractivity contribution is 6.04. The van der Waals surface area contributed by atoms with E-state index in [0.717, 1.165) is 18.2 Å². The predicted octanol–water partition coefficient (Wildman–Crippen LogP) is 2.07. The van der Waals surface area contributed by atoms with E-state index in [0.29, 0.717) is 0 Å². The summed E-state index contributed by atoms with van der Waals surface area (Å²) in [7, 11) is 0. The maximum absolute atomic E-state index is 10.7. The van der Waals surface area contributed by atoms with Gasteiger partial charge in [-0.3, -0.25) is 10.1 Å². The van der Waals surface area contributed by atoms with Crippen LogP contribution in [0.15, 0.2) is 42.5 Å². The fraction of sp³-hybridized carbons (Fsp3) is 0. The number of nitrogens with zero attached hydrogens (tertiary/aromatic N) is 1. The molecule has 0 heterocycles. The van der Waals surface area contributed by atoms with Gasteiger partial charge in [-0.15, -0.1) is 0 Å². The van der Waals surface area contributed by atoms with E-state index >= 15 is 0 Å². The van der Waals surface area contributed by atoms with Gasteiger partial charge in [0.25, 0.3) is 5.69 Å². The molecule has 0 aliphatic rings. The predicted molar refractivity (Wildman–Crippen MR) is 87.4 cm³/mol. The highest BCUT2D eigenvalue weighted by Crippen LogP contribution is 2.22. The number of carbonyl (C=O) groups is 4. The Labute approximate surface area is 149 Å². The number of hydrogen-bond acceptors (Lipinski definition) is 6. The molecule has 0 aliphatic heterocycles. The molecule has 11 heteroatoms. The van der Waals surface area contributed by atoms with Gasteiger partial charge >= 0.3 is 23.9 Å². The minimum absolute atomic E-state index is 0.190. The summed E-state index contributed by atoms with van der Waals surface area (Å²) < 4.78 is 0. The van der Waals surface area contributed by atoms with Gasteiger partial charge in [-0.05, 0) is 18.2 Å². The second-order valence-electron chi connectivity index (χ2n) is 4.72. The van der Waals surface area contributed by atoms with Crippen molar-refractivity contribution < 1.29 is 44.5 Å². The second-order valence-corrected chi connectivity index (χ2v) is 4.72. The third-order valence-electron chi connectivity index (χ3n) is 3.07. The standard InChI is InChI=1S/C8H5NO6.C8H6O4/c10-7(11)4-2-1-3-5(9(14)15)6(4)8(12)13;9-7(10)5-3-1-2-4-6(5)8(11)12/h1-3H,(H,10,11)(H,12,13);1-4H,(H,9,10)(H,11,12)/i9+1;. The molecular weight excluding hydrogens is 367 g/mol. The molecule has 2 aromatic carbocycles. The van der Waals surface area contributed by atoms with E-state index < -0.39 is 45.6 Å². The molecule has 2 rings (SSSR count). The molecule has 0 saturated carbocycles. The highest BCUT2D eigenvalue weighted by atomic mass is 16.9. The van der Waals surface area contributed by atoms with Crippen molar-refractivity contribution in [1.82, 2.24) is 0 Å². The van der Waals surface area contributed by atoms with Gasteiger partial charge in [0, 0.05) is 6.07 Å². The summed E-state index contributed by atoms with van der Waals surface area (Å²) in [4.78, 5) is 51.7. The molecule has 0 aromatic heterocycles. The number of aromatic carboxylic acids is 4. The van der Waals surface area contributed by atoms with Gasteiger partial charge < -0.3 is 20.4 Å². The summed E-state index contributed by atoms with van der Waals surface area (Å²) in [6.07, 6.45) is 0. The van der Waals surface area contributed by atoms with E-state index in [-0.39, 0.29) is 11.1 Å². The number of carboxylic acid groups (broad SMARTS) is 4. The number of rotatable bonds is 5. The lowest BCUT2D eigenvalue weighted by Gasteiger charge is -2.01. The summed E-state index contributed by atoms with van der Waals surface area (Å²) >= 11 is 0. The van der Waals surface area contributed by atoms with Crippen LogP contribution in [-0.4, -0.2) is 49.2 Å². The fourth-order valence-electron chi connectivity index (χ4n) is 1.95. The summed E-state index contributed by atoms with van der Waals surface area (Å²) in [5.74, 6) is -5.61. The van der Waals surface area contributed by atoms with Crippen molar-refractivity contribution in [3.05, 3.63) is 74.8 Å². The average Bonchev–Trinajstić information content (AvgIpc) is 2.61. The van der Waals surface area contributed by atoms with Crippen LogP contribution in [-0.2, 0) is 0 Å². The van der Waals surface area contributed by atoms with Crippen LogP contribution in [0.1, 0.15) is 41.4 Å². The van der Waals surface area contributed by atoms with Gasteiger partial charge in [-0.1, -0.05) is 18.2 Å². The summed E-state index contributed by atoms with van der Waals surface area (Å²) in [5, 5.41) is 44.9. The molecule has 4 N–H and O–H groups in total. The Hall–Kier alpha value is -4.28. The van der Waals surface area contributed by atoms with Crippen LogP contribution in [0, 0.1) is 10.1 Å². The van der Waals surface area contributed by atoms with E-state index in [9.17, 15) is 29.3 Å². The Morgan fingerprint density at radius 1 is 0.667 bits per heavy atom. The van der Waals surface area contributed by atoms with Gasteiger partial charge in [0.15, 0.2) is 5.56 Å². The molecular formula is C16H11NO10. The van der Waals surface area contributed by atoms with Crippen molar-refractivity contribution in [2.45, 2.75) is 0 Å². The van der Waals surface area contributed by atoms with Crippen molar-refractivity contribution in [2.75, 3.05) is 0 Å². The first kappa shape index (κ1) is 20.8. The molecule has 2 aromatic rings. The number of benzene rings is 2. The van der Waals surface area contributed by atoms with E-state index in [1.54, 1.807) is 0 Å². The number of carboxylic acids is 4. The normalized spacial score (nSPS) is 9.48. The fourth-order valence-corrected chi connectivity index (χ4v) is 1.95. The highest BCUT2D eigenvalue weighted by Gasteiger charge is 2.26. The Morgan fingerprint density at radius 3 is 1.41 bits per heavy atom. The molecule has 0 radical (unpaired) electrons. The number of hydrogen-bond donors (Lipinski definition) is 4. The first-order valence-electron chi connectivity index (χ1n) is 6.87. The largest absolute Gasteiger partial charge is 0.478 e. The van der Waals surface area contributed by atoms with Gasteiger partial charge in [-0.2, -0.15) is 0 Å². The first-order valence-corrected chi connectivity index (χ1v) is 6.87. The summed E-state index contributed by atoms with van der Waals surface area (Å²) in [5.41, 5.74) is -2.52. The molecule has 27 heavy (non-hydrogen) atoms. The van der Waals surface area contributed by atoms with Crippen LogP contribution in [0.2, 0.25) is 0 Å². The number of nitro groups is 1. The molecule has 0 unspecified atom stereocenters. The molecule has 0 bridgehead atoms. The third kappa shape index (κ3) is 5.09. The Balaban J connectivity index is 0.000000277. The Morgan fingerprint density at radius 2 is 1.07 bits per heavy atom.